The van der Waals surface area contributed by atoms with Gasteiger partial charge in [-0.05, 0) is 127 Å². The molecule has 5 atom stereocenters. The number of benzene rings is 3. The van der Waals surface area contributed by atoms with Gasteiger partial charge in [0.1, 0.15) is 0 Å². The van der Waals surface area contributed by atoms with Gasteiger partial charge in [-0.2, -0.15) is 0 Å². The molecule has 5 unspecified atom stereocenters. The van der Waals surface area contributed by atoms with Gasteiger partial charge in [-0.3, -0.25) is 0 Å². The molecule has 0 heterocycles. The van der Waals surface area contributed by atoms with Crippen LogP contribution in [0.2, 0.25) is 0 Å². The van der Waals surface area contributed by atoms with Gasteiger partial charge in [0.05, 0.1) is 0 Å². The first-order chi connectivity index (χ1) is 17.4. The van der Waals surface area contributed by atoms with E-state index in [9.17, 15) is 0 Å². The molecule has 8 aliphatic carbocycles. The summed E-state index contributed by atoms with van der Waals surface area (Å²) in [6, 6.07) is 12.2. The summed E-state index contributed by atoms with van der Waals surface area (Å²) < 4.78 is 0. The lowest BCUT2D eigenvalue weighted by Gasteiger charge is -2.52. The van der Waals surface area contributed by atoms with Gasteiger partial charge in [-0.1, -0.05) is 60.2 Å². The second-order valence-corrected chi connectivity index (χ2v) is 12.5. The molecule has 8 aliphatic rings. The zero-order chi connectivity index (χ0) is 22.2. The standard InChI is InChI=1S/C35H26/c1-2-19-14-20-9-7-17-8-11-22-15-21-10-6-16-4-5-18-12-13-24-23(3-1)25(19)33-29(20)27(17)31(22)34-30(21)26(16)28(18)32(24)35(33)34/h1-4,6,10,12-13,15,17,20,22,24,33H,5,7-9,11,14H2. The largest absolute Gasteiger partial charge is 0.0723 e. The van der Waals surface area contributed by atoms with Crippen LogP contribution in [0.25, 0.3) is 34.1 Å². The number of hydrogen-bond donors (Lipinski definition) is 0. The topological polar surface area (TPSA) is 0 Å². The molecule has 1 saturated carbocycles. The third-order valence-electron chi connectivity index (χ3n) is 11.3. The van der Waals surface area contributed by atoms with E-state index < -0.39 is 0 Å². The Morgan fingerprint density at radius 1 is 0.743 bits per heavy atom. The van der Waals surface area contributed by atoms with Crippen LogP contribution in [0.3, 0.4) is 0 Å². The highest BCUT2D eigenvalue weighted by Gasteiger charge is 2.50. The van der Waals surface area contributed by atoms with Crippen molar-refractivity contribution in [3.8, 4) is 0 Å². The Kier molecular flexibility index (Phi) is 2.64. The lowest BCUT2D eigenvalue weighted by Crippen LogP contribution is -2.48. The molecular formula is C35H26. The number of fused-ring (bicyclic) bond motifs is 1. The molecule has 0 aliphatic heterocycles. The predicted molar refractivity (Wildman–Crippen MR) is 142 cm³/mol. The van der Waals surface area contributed by atoms with E-state index in [2.05, 4.69) is 54.6 Å². The van der Waals surface area contributed by atoms with Crippen LogP contribution in [-0.4, -0.2) is 0 Å². The van der Waals surface area contributed by atoms with Gasteiger partial charge in [-0.25, -0.2) is 0 Å². The van der Waals surface area contributed by atoms with Crippen molar-refractivity contribution >= 4 is 34.1 Å². The maximum atomic E-state index is 2.68. The molecule has 35 heavy (non-hydrogen) atoms. The molecule has 166 valence electrons. The maximum absolute atomic E-state index is 2.68. The van der Waals surface area contributed by atoms with Gasteiger partial charge < -0.3 is 0 Å². The highest BCUT2D eigenvalue weighted by Crippen LogP contribution is 2.61. The molecule has 3 aromatic carbocycles. The fraction of sp³-hybridized carbons (Fsp3) is 0.314. The summed E-state index contributed by atoms with van der Waals surface area (Å²) in [5.41, 5.74) is 15.6. The average Bonchev–Trinajstić information content (AvgIpc) is 2.91. The lowest BCUT2D eigenvalue weighted by atomic mass is 9.51. The van der Waals surface area contributed by atoms with E-state index in [1.54, 1.807) is 60.2 Å². The summed E-state index contributed by atoms with van der Waals surface area (Å²) in [5.74, 6) is 3.13. The Balaban J connectivity index is 1.52. The number of allylic oxidation sites excluding steroid dienone is 4. The molecule has 3 aromatic rings. The molecule has 0 spiro atoms. The van der Waals surface area contributed by atoms with E-state index in [1.165, 1.54) is 42.5 Å². The Labute approximate surface area is 204 Å². The van der Waals surface area contributed by atoms with E-state index in [1.807, 2.05) is 11.1 Å². The van der Waals surface area contributed by atoms with Crippen LogP contribution in [0.1, 0.15) is 71.8 Å². The summed E-state index contributed by atoms with van der Waals surface area (Å²) >= 11 is 0. The Bertz CT molecular complexity index is 1970. The Morgan fingerprint density at radius 2 is 1.63 bits per heavy atom. The van der Waals surface area contributed by atoms with Gasteiger partial charge in [0, 0.05) is 17.8 Å². The fourth-order valence-electron chi connectivity index (χ4n) is 10.3. The molecule has 1 fully saturated rings. The van der Waals surface area contributed by atoms with Gasteiger partial charge in [-0.15, -0.1) is 0 Å². The zero-order valence-corrected chi connectivity index (χ0v) is 19.8. The quantitative estimate of drug-likeness (QED) is 0.475. The first kappa shape index (κ1) is 17.3. The van der Waals surface area contributed by atoms with E-state index in [0.29, 0.717) is 17.8 Å². The highest BCUT2D eigenvalue weighted by molar-refractivity contribution is 6.00. The van der Waals surface area contributed by atoms with Crippen LogP contribution in [0, 0.1) is 17.8 Å². The second kappa shape index (κ2) is 5.34. The van der Waals surface area contributed by atoms with E-state index in [-0.39, 0.29) is 0 Å². The first-order valence-corrected chi connectivity index (χ1v) is 14.0. The van der Waals surface area contributed by atoms with E-state index >= 15 is 0 Å². The third-order valence-corrected chi connectivity index (χ3v) is 11.3. The van der Waals surface area contributed by atoms with Gasteiger partial charge in [0.25, 0.3) is 0 Å². The molecule has 0 radical (unpaired) electrons. The Morgan fingerprint density at radius 3 is 2.63 bits per heavy atom. The molecular weight excluding hydrogens is 420 g/mol. The third kappa shape index (κ3) is 1.68. The zero-order valence-electron chi connectivity index (χ0n) is 19.8. The SMILES string of the molecule is C1=CC2c3cccc4c3C3C5=C6C7=c8c3c2c2c3c(ccc(c83)=CC7CCC6CCC5C4)=CCC=21. The second-order valence-electron chi connectivity index (χ2n) is 12.5. The molecule has 0 amide bonds. The minimum Gasteiger partial charge on any atom is -0.0723 e. The van der Waals surface area contributed by atoms with Crippen molar-refractivity contribution in [2.24, 2.45) is 17.8 Å². The average molecular weight is 447 g/mol. The molecule has 0 N–H and O–H groups in total. The van der Waals surface area contributed by atoms with Crippen molar-refractivity contribution in [2.75, 3.05) is 0 Å². The Hall–Kier alpha value is -3.12. The van der Waals surface area contributed by atoms with Crippen molar-refractivity contribution in [1.29, 1.82) is 0 Å². The molecule has 0 bridgehead atoms. The lowest BCUT2D eigenvalue weighted by molar-refractivity contribution is 0.351. The van der Waals surface area contributed by atoms with Crippen LogP contribution in [0.4, 0.5) is 0 Å². The summed E-state index contributed by atoms with van der Waals surface area (Å²) in [4.78, 5) is 0. The normalized spacial score (nSPS) is 32.3. The molecule has 0 saturated heterocycles. The van der Waals surface area contributed by atoms with Crippen molar-refractivity contribution in [1.82, 2.24) is 0 Å². The van der Waals surface area contributed by atoms with Crippen LogP contribution < -0.4 is 20.9 Å². The molecule has 0 aromatic heterocycles. The molecule has 0 heteroatoms. The van der Waals surface area contributed by atoms with Crippen molar-refractivity contribution in [2.45, 2.75) is 50.4 Å². The molecule has 0 nitrogen and oxygen atoms in total. The minimum atomic E-state index is 0.428. The van der Waals surface area contributed by atoms with Crippen LogP contribution in [-0.2, 0) is 6.42 Å². The van der Waals surface area contributed by atoms with Crippen molar-refractivity contribution < 1.29 is 0 Å². The fourth-order valence-corrected chi connectivity index (χ4v) is 10.3. The smallest absolute Gasteiger partial charge is 0.0323 e. The highest BCUT2D eigenvalue weighted by atomic mass is 14.5. The van der Waals surface area contributed by atoms with Gasteiger partial charge in [0.2, 0.25) is 0 Å². The maximum Gasteiger partial charge on any atom is 0.0323 e. The van der Waals surface area contributed by atoms with Gasteiger partial charge >= 0.3 is 0 Å². The van der Waals surface area contributed by atoms with Crippen molar-refractivity contribution in [3.05, 3.63) is 102 Å². The van der Waals surface area contributed by atoms with E-state index in [4.69, 9.17) is 0 Å². The van der Waals surface area contributed by atoms with Crippen molar-refractivity contribution in [3.63, 3.8) is 0 Å². The minimum absolute atomic E-state index is 0.428. The summed E-state index contributed by atoms with van der Waals surface area (Å²) in [6.07, 6.45) is 18.2. The molecule has 11 rings (SSSR count). The first-order valence-electron chi connectivity index (χ1n) is 14.0. The predicted octanol–water partition coefficient (Wildman–Crippen LogP) is 4.57. The monoisotopic (exact) mass is 446 g/mol. The van der Waals surface area contributed by atoms with Gasteiger partial charge in [0.15, 0.2) is 0 Å². The number of hydrogen-bond acceptors (Lipinski definition) is 0. The summed E-state index contributed by atoms with van der Waals surface area (Å²) in [7, 11) is 0. The van der Waals surface area contributed by atoms with Crippen LogP contribution in [0.15, 0.2) is 53.6 Å². The summed E-state index contributed by atoms with van der Waals surface area (Å²) in [5, 5.41) is 9.56. The van der Waals surface area contributed by atoms with Crippen LogP contribution in [0.5, 0.6) is 0 Å². The van der Waals surface area contributed by atoms with Crippen LogP contribution >= 0.6 is 0 Å². The number of rotatable bonds is 0. The summed E-state index contributed by atoms with van der Waals surface area (Å²) in [6.45, 7) is 0. The van der Waals surface area contributed by atoms with E-state index in [0.717, 1.165) is 18.3 Å².